The lowest BCUT2D eigenvalue weighted by molar-refractivity contribution is 0.0631. The largest absolute Gasteiger partial charge is 0.388 e. The molecule has 1 saturated heterocycles. The minimum absolute atomic E-state index is 0.273. The highest BCUT2D eigenvalue weighted by Gasteiger charge is 2.50. The number of rotatable bonds is 1. The van der Waals surface area contributed by atoms with Crippen LogP contribution in [-0.4, -0.2) is 35.2 Å². The molecule has 12 heavy (non-hydrogen) atoms. The van der Waals surface area contributed by atoms with E-state index in [0.717, 1.165) is 12.8 Å². The quantitative estimate of drug-likeness (QED) is 0.648. The number of aliphatic hydroxyl groups is 1. The minimum Gasteiger partial charge on any atom is -0.388 e. The number of hydrogen-bond acceptors (Lipinski definition) is 2. The molecular formula is C10H21NO. The van der Waals surface area contributed by atoms with Gasteiger partial charge in [0, 0.05) is 6.04 Å². The van der Waals surface area contributed by atoms with Gasteiger partial charge in [-0.15, -0.1) is 0 Å². The van der Waals surface area contributed by atoms with Gasteiger partial charge in [0.25, 0.3) is 0 Å². The summed E-state index contributed by atoms with van der Waals surface area (Å²) >= 11 is 0. The standard InChI is InChI=1S/C8H15NO.C2H6/c1-9-6-2-3-7(9)8(10)4-5-8;1-2/h7,10H,2-6H2,1H3;1-2H3/t7-;/m0./s1. The molecule has 2 aliphatic rings. The Morgan fingerprint density at radius 3 is 2.25 bits per heavy atom. The van der Waals surface area contributed by atoms with E-state index in [1.807, 2.05) is 13.8 Å². The third-order valence-corrected chi connectivity index (χ3v) is 2.90. The molecule has 1 saturated carbocycles. The summed E-state index contributed by atoms with van der Waals surface area (Å²) in [5.41, 5.74) is -0.273. The van der Waals surface area contributed by atoms with E-state index in [1.54, 1.807) is 0 Å². The molecule has 1 aliphatic carbocycles. The Bertz CT molecular complexity index is 143. The van der Waals surface area contributed by atoms with Crippen molar-refractivity contribution in [1.82, 2.24) is 4.90 Å². The number of hydrogen-bond donors (Lipinski definition) is 1. The van der Waals surface area contributed by atoms with Gasteiger partial charge in [-0.25, -0.2) is 0 Å². The molecule has 1 atom stereocenters. The Morgan fingerprint density at radius 1 is 1.33 bits per heavy atom. The molecular weight excluding hydrogens is 150 g/mol. The zero-order chi connectivity index (χ0) is 9.19. The first-order valence-electron chi connectivity index (χ1n) is 5.15. The summed E-state index contributed by atoms with van der Waals surface area (Å²) in [6.07, 6.45) is 4.53. The second-order valence-corrected chi connectivity index (χ2v) is 3.74. The number of likely N-dealkylation sites (N-methyl/N-ethyl adjacent to an activating group) is 1. The maximum absolute atomic E-state index is 9.76. The SMILES string of the molecule is CC.CN1CCC[C@H]1C1(O)CC1. The lowest BCUT2D eigenvalue weighted by Gasteiger charge is -2.24. The molecule has 1 aliphatic heterocycles. The first-order chi connectivity index (χ1) is 5.72. The summed E-state index contributed by atoms with van der Waals surface area (Å²) in [4.78, 5) is 2.30. The topological polar surface area (TPSA) is 23.5 Å². The van der Waals surface area contributed by atoms with Crippen molar-refractivity contribution >= 4 is 0 Å². The van der Waals surface area contributed by atoms with Gasteiger partial charge in [-0.1, -0.05) is 13.8 Å². The van der Waals surface area contributed by atoms with Crippen LogP contribution in [-0.2, 0) is 0 Å². The van der Waals surface area contributed by atoms with Crippen molar-refractivity contribution < 1.29 is 5.11 Å². The molecule has 0 aromatic rings. The molecule has 2 fully saturated rings. The minimum atomic E-state index is -0.273. The highest BCUT2D eigenvalue weighted by atomic mass is 16.3. The summed E-state index contributed by atoms with van der Waals surface area (Å²) in [7, 11) is 2.12. The predicted octanol–water partition coefficient (Wildman–Crippen LogP) is 1.63. The third-order valence-electron chi connectivity index (χ3n) is 2.90. The van der Waals surface area contributed by atoms with Crippen molar-refractivity contribution in [2.75, 3.05) is 13.6 Å². The number of nitrogens with zero attached hydrogens (tertiary/aromatic N) is 1. The fourth-order valence-corrected chi connectivity index (χ4v) is 2.05. The van der Waals surface area contributed by atoms with Crippen LogP contribution in [0.15, 0.2) is 0 Å². The van der Waals surface area contributed by atoms with Crippen LogP contribution in [0.2, 0.25) is 0 Å². The zero-order valence-corrected chi connectivity index (χ0v) is 8.51. The molecule has 2 heteroatoms. The van der Waals surface area contributed by atoms with E-state index in [1.165, 1.54) is 19.4 Å². The molecule has 0 spiro atoms. The molecule has 1 heterocycles. The van der Waals surface area contributed by atoms with E-state index < -0.39 is 0 Å². The normalized spacial score (nSPS) is 32.5. The van der Waals surface area contributed by atoms with Crippen molar-refractivity contribution in [1.29, 1.82) is 0 Å². The second-order valence-electron chi connectivity index (χ2n) is 3.74. The smallest absolute Gasteiger partial charge is 0.0804 e. The maximum atomic E-state index is 9.76. The molecule has 0 amide bonds. The van der Waals surface area contributed by atoms with E-state index in [0.29, 0.717) is 6.04 Å². The monoisotopic (exact) mass is 171 g/mol. The first-order valence-corrected chi connectivity index (χ1v) is 5.15. The molecule has 2 rings (SSSR count). The highest BCUT2D eigenvalue weighted by Crippen LogP contribution is 2.43. The van der Waals surface area contributed by atoms with Crippen molar-refractivity contribution in [2.45, 2.75) is 51.2 Å². The van der Waals surface area contributed by atoms with Gasteiger partial charge in [0.1, 0.15) is 0 Å². The summed E-state index contributed by atoms with van der Waals surface area (Å²) in [6.45, 7) is 5.17. The van der Waals surface area contributed by atoms with Crippen LogP contribution < -0.4 is 0 Å². The van der Waals surface area contributed by atoms with Crippen LogP contribution in [0.25, 0.3) is 0 Å². The molecule has 2 nitrogen and oxygen atoms in total. The fourth-order valence-electron chi connectivity index (χ4n) is 2.05. The Morgan fingerprint density at radius 2 is 1.92 bits per heavy atom. The third kappa shape index (κ3) is 1.80. The van der Waals surface area contributed by atoms with Gasteiger partial charge >= 0.3 is 0 Å². The van der Waals surface area contributed by atoms with E-state index in [4.69, 9.17) is 0 Å². The zero-order valence-electron chi connectivity index (χ0n) is 8.51. The van der Waals surface area contributed by atoms with Crippen LogP contribution >= 0.6 is 0 Å². The average Bonchev–Trinajstić information content (AvgIpc) is 2.66. The fraction of sp³-hybridized carbons (Fsp3) is 1.00. The molecule has 1 N–H and O–H groups in total. The molecule has 0 unspecified atom stereocenters. The van der Waals surface area contributed by atoms with Crippen LogP contribution in [0, 0.1) is 0 Å². The van der Waals surface area contributed by atoms with Crippen LogP contribution in [0.4, 0.5) is 0 Å². The Balaban J connectivity index is 0.000000336. The molecule has 0 aromatic heterocycles. The first kappa shape index (κ1) is 10.0. The summed E-state index contributed by atoms with van der Waals surface area (Å²) in [5, 5.41) is 9.76. The molecule has 0 bridgehead atoms. The Labute approximate surface area is 75.6 Å². The van der Waals surface area contributed by atoms with E-state index in [2.05, 4.69) is 11.9 Å². The van der Waals surface area contributed by atoms with Crippen molar-refractivity contribution in [3.05, 3.63) is 0 Å². The van der Waals surface area contributed by atoms with Gasteiger partial charge in [0.2, 0.25) is 0 Å². The summed E-state index contributed by atoms with van der Waals surface area (Å²) in [5.74, 6) is 0. The highest BCUT2D eigenvalue weighted by molar-refractivity contribution is 5.05. The van der Waals surface area contributed by atoms with Gasteiger partial charge < -0.3 is 10.0 Å². The van der Waals surface area contributed by atoms with Crippen molar-refractivity contribution in [2.24, 2.45) is 0 Å². The molecule has 72 valence electrons. The Hall–Kier alpha value is -0.0800. The van der Waals surface area contributed by atoms with Gasteiger partial charge in [-0.2, -0.15) is 0 Å². The van der Waals surface area contributed by atoms with E-state index >= 15 is 0 Å². The lowest BCUT2D eigenvalue weighted by Crippen LogP contribution is -2.37. The van der Waals surface area contributed by atoms with E-state index in [-0.39, 0.29) is 5.60 Å². The number of likely N-dealkylation sites (tertiary alicyclic amines) is 1. The van der Waals surface area contributed by atoms with Gasteiger partial charge in [-0.05, 0) is 39.3 Å². The van der Waals surface area contributed by atoms with Crippen LogP contribution in [0.3, 0.4) is 0 Å². The van der Waals surface area contributed by atoms with Gasteiger partial charge in [-0.3, -0.25) is 0 Å². The second kappa shape index (κ2) is 3.75. The van der Waals surface area contributed by atoms with Crippen LogP contribution in [0.1, 0.15) is 39.5 Å². The van der Waals surface area contributed by atoms with Crippen molar-refractivity contribution in [3.63, 3.8) is 0 Å². The van der Waals surface area contributed by atoms with E-state index in [9.17, 15) is 5.11 Å². The maximum Gasteiger partial charge on any atom is 0.0804 e. The summed E-state index contributed by atoms with van der Waals surface area (Å²) in [6, 6.07) is 0.479. The van der Waals surface area contributed by atoms with Crippen molar-refractivity contribution in [3.8, 4) is 0 Å². The molecule has 0 radical (unpaired) electrons. The molecule has 0 aromatic carbocycles. The van der Waals surface area contributed by atoms with Gasteiger partial charge in [0.15, 0.2) is 0 Å². The van der Waals surface area contributed by atoms with Crippen LogP contribution in [0.5, 0.6) is 0 Å². The average molecular weight is 171 g/mol. The summed E-state index contributed by atoms with van der Waals surface area (Å²) < 4.78 is 0. The Kier molecular flexibility index (Phi) is 3.13. The van der Waals surface area contributed by atoms with Gasteiger partial charge in [0.05, 0.1) is 5.60 Å². The predicted molar refractivity (Wildman–Crippen MR) is 51.2 cm³/mol. The lowest BCUT2D eigenvalue weighted by atomic mass is 10.1.